The minimum absolute atomic E-state index is 0.0866. The first-order chi connectivity index (χ1) is 12.2. The van der Waals surface area contributed by atoms with Crippen LogP contribution in [0.1, 0.15) is 27.3 Å². The Morgan fingerprint density at radius 1 is 1.11 bits per heavy atom. The fourth-order valence-electron chi connectivity index (χ4n) is 2.70. The van der Waals surface area contributed by atoms with Crippen molar-refractivity contribution in [1.29, 1.82) is 0 Å². The van der Waals surface area contributed by atoms with Crippen molar-refractivity contribution in [2.45, 2.75) is 25.3 Å². The number of rotatable bonds is 4. The zero-order valence-corrected chi connectivity index (χ0v) is 15.2. The molecule has 3 aromatic rings. The van der Waals surface area contributed by atoms with E-state index in [9.17, 15) is 24.2 Å². The maximum absolute atomic E-state index is 12.9. The maximum Gasteiger partial charge on any atom is 0.310 e. The number of imidazole rings is 1. The smallest absolute Gasteiger partial charge is 0.310 e. The molecule has 0 aliphatic rings. The molecule has 10 heteroatoms. The van der Waals surface area contributed by atoms with Crippen molar-refractivity contribution < 1.29 is 24.2 Å². The van der Waals surface area contributed by atoms with Crippen LogP contribution in [-0.2, 0) is 6.54 Å². The number of nitrogens with one attached hydrogen (secondary N) is 1. The van der Waals surface area contributed by atoms with Crippen LogP contribution in [0, 0.1) is 13.8 Å². The van der Waals surface area contributed by atoms with Crippen molar-refractivity contribution in [2.24, 2.45) is 0 Å². The molecule has 27 heavy (non-hydrogen) atoms. The summed E-state index contributed by atoms with van der Waals surface area (Å²) in [7, 11) is -9.76. The lowest BCUT2D eigenvalue weighted by Gasteiger charge is -2.40. The molecular formula is C17H16F5N3OS. The third kappa shape index (κ3) is 4.05. The first-order valence-corrected chi connectivity index (χ1v) is 9.76. The molecule has 0 aliphatic heterocycles. The highest BCUT2D eigenvalue weighted by atomic mass is 32.5. The van der Waals surface area contributed by atoms with E-state index in [0.29, 0.717) is 23.5 Å². The molecule has 4 nitrogen and oxygen atoms in total. The summed E-state index contributed by atoms with van der Waals surface area (Å²) < 4.78 is 66.1. The monoisotopic (exact) mass is 405 g/mol. The van der Waals surface area contributed by atoms with Crippen molar-refractivity contribution in [1.82, 2.24) is 14.7 Å². The SMILES string of the molecule is Cc1ccn2c(C(=O)NCc3cccc(S(F)(F)(F)(F)F)c3)c(C)nc2c1. The molecule has 2 heterocycles. The first kappa shape index (κ1) is 19.2. The Morgan fingerprint density at radius 2 is 1.81 bits per heavy atom. The molecular weight excluding hydrogens is 389 g/mol. The molecule has 0 radical (unpaired) electrons. The quantitative estimate of drug-likeness (QED) is 0.580. The Hall–Kier alpha value is -2.62. The van der Waals surface area contributed by atoms with Crippen LogP contribution in [0.5, 0.6) is 0 Å². The van der Waals surface area contributed by atoms with Gasteiger partial charge in [-0.25, -0.2) is 4.98 Å². The van der Waals surface area contributed by atoms with Gasteiger partial charge in [-0.15, -0.1) is 0 Å². The fraction of sp³-hybridized carbons (Fsp3) is 0.176. The second-order valence-corrected chi connectivity index (χ2v) is 8.69. The number of halogens is 5. The minimum atomic E-state index is -9.76. The highest BCUT2D eigenvalue weighted by Gasteiger charge is 2.65. The van der Waals surface area contributed by atoms with E-state index >= 15 is 0 Å². The van der Waals surface area contributed by atoms with Gasteiger partial charge < -0.3 is 5.32 Å². The van der Waals surface area contributed by atoms with Crippen LogP contribution in [0.15, 0.2) is 47.5 Å². The molecule has 1 amide bonds. The van der Waals surface area contributed by atoms with E-state index in [1.807, 2.05) is 6.92 Å². The van der Waals surface area contributed by atoms with Crippen molar-refractivity contribution >= 4 is 21.8 Å². The molecule has 0 unspecified atom stereocenters. The number of carbonyl (C=O) groups is 1. The second-order valence-electron chi connectivity index (χ2n) is 6.28. The van der Waals surface area contributed by atoms with Gasteiger partial charge in [0.05, 0.1) is 5.69 Å². The standard InChI is InChI=1S/C17H16F5N3OS/c1-11-6-7-25-15(8-11)24-12(2)16(25)17(26)23-10-13-4-3-5-14(9-13)27(18,19,20,21)22/h3-9H,10H2,1-2H3,(H,23,26). The van der Waals surface area contributed by atoms with Crippen molar-refractivity contribution in [3.05, 3.63) is 65.1 Å². The van der Waals surface area contributed by atoms with Crippen LogP contribution in [0.3, 0.4) is 0 Å². The Bertz CT molecular complexity index is 1060. The zero-order chi connectivity index (χ0) is 20.1. The Kier molecular flexibility index (Phi) is 3.86. The molecule has 2 aromatic heterocycles. The number of benzene rings is 1. The molecule has 0 aliphatic carbocycles. The predicted octanol–water partition coefficient (Wildman–Crippen LogP) is 5.54. The molecule has 0 saturated carbocycles. The van der Waals surface area contributed by atoms with E-state index in [-0.39, 0.29) is 17.8 Å². The average molecular weight is 405 g/mol. The normalized spacial score (nSPS) is 14.6. The molecule has 0 saturated heterocycles. The Labute approximate surface area is 151 Å². The molecule has 0 fully saturated rings. The number of fused-ring (bicyclic) bond motifs is 1. The number of nitrogens with zero attached hydrogens (tertiary/aromatic N) is 2. The van der Waals surface area contributed by atoms with E-state index < -0.39 is 21.0 Å². The lowest BCUT2D eigenvalue weighted by molar-refractivity contribution is 0.0944. The van der Waals surface area contributed by atoms with E-state index in [4.69, 9.17) is 0 Å². The van der Waals surface area contributed by atoms with Crippen LogP contribution >= 0.6 is 10.2 Å². The highest BCUT2D eigenvalue weighted by molar-refractivity contribution is 8.45. The summed E-state index contributed by atoms with van der Waals surface area (Å²) in [6, 6.07) is 6.36. The number of hydrogen-bond acceptors (Lipinski definition) is 2. The van der Waals surface area contributed by atoms with Gasteiger partial charge in [-0.1, -0.05) is 31.6 Å². The van der Waals surface area contributed by atoms with Gasteiger partial charge in [-0.2, -0.15) is 0 Å². The predicted molar refractivity (Wildman–Crippen MR) is 93.7 cm³/mol. The lowest BCUT2D eigenvalue weighted by atomic mass is 10.2. The Morgan fingerprint density at radius 3 is 2.48 bits per heavy atom. The molecule has 0 atom stereocenters. The third-order valence-electron chi connectivity index (χ3n) is 3.97. The number of amides is 1. The van der Waals surface area contributed by atoms with Gasteiger partial charge in [-0.05, 0) is 49.2 Å². The number of carbonyl (C=O) groups excluding carboxylic acids is 1. The van der Waals surface area contributed by atoms with Gasteiger partial charge in [0.15, 0.2) is 0 Å². The van der Waals surface area contributed by atoms with Crippen LogP contribution in [-0.4, -0.2) is 15.3 Å². The summed E-state index contributed by atoms with van der Waals surface area (Å²) in [6.07, 6.45) is 1.66. The highest BCUT2D eigenvalue weighted by Crippen LogP contribution is 3.02. The molecule has 1 N–H and O–H groups in total. The second kappa shape index (κ2) is 5.44. The first-order valence-electron chi connectivity index (χ1n) is 7.81. The summed E-state index contributed by atoms with van der Waals surface area (Å²) in [5.41, 5.74) is 2.09. The number of aryl methyl sites for hydroxylation is 2. The zero-order valence-electron chi connectivity index (χ0n) is 14.3. The third-order valence-corrected chi connectivity index (χ3v) is 5.11. The fourth-order valence-corrected chi connectivity index (χ4v) is 3.41. The summed E-state index contributed by atoms with van der Waals surface area (Å²) in [5.74, 6) is -0.568. The molecule has 1 aromatic carbocycles. The van der Waals surface area contributed by atoms with Gasteiger partial charge in [-0.3, -0.25) is 9.20 Å². The largest absolute Gasteiger partial charge is 0.347 e. The van der Waals surface area contributed by atoms with Gasteiger partial charge in [0.25, 0.3) is 5.91 Å². The van der Waals surface area contributed by atoms with Crippen LogP contribution in [0.25, 0.3) is 5.65 Å². The van der Waals surface area contributed by atoms with Crippen LogP contribution < -0.4 is 5.32 Å². The topological polar surface area (TPSA) is 46.4 Å². The summed E-state index contributed by atoms with van der Waals surface area (Å²) in [5, 5.41) is 2.45. The van der Waals surface area contributed by atoms with Crippen molar-refractivity contribution in [3.63, 3.8) is 0 Å². The van der Waals surface area contributed by atoms with Gasteiger partial charge in [0.2, 0.25) is 0 Å². The van der Waals surface area contributed by atoms with Crippen LogP contribution in [0.4, 0.5) is 19.4 Å². The Balaban J connectivity index is 1.85. The van der Waals surface area contributed by atoms with E-state index in [0.717, 1.165) is 11.6 Å². The van der Waals surface area contributed by atoms with E-state index in [1.165, 1.54) is 6.07 Å². The minimum Gasteiger partial charge on any atom is -0.347 e. The molecule has 0 spiro atoms. The summed E-state index contributed by atoms with van der Waals surface area (Å²) in [4.78, 5) is 14.8. The van der Waals surface area contributed by atoms with Gasteiger partial charge >= 0.3 is 10.2 Å². The van der Waals surface area contributed by atoms with Gasteiger partial charge in [0.1, 0.15) is 16.2 Å². The summed E-state index contributed by atoms with van der Waals surface area (Å²) >= 11 is 0. The molecule has 3 rings (SSSR count). The van der Waals surface area contributed by atoms with Crippen molar-refractivity contribution in [3.8, 4) is 0 Å². The summed E-state index contributed by atoms with van der Waals surface area (Å²) in [6.45, 7) is 3.17. The number of pyridine rings is 1. The molecule has 0 bridgehead atoms. The van der Waals surface area contributed by atoms with Crippen LogP contribution in [0.2, 0.25) is 0 Å². The van der Waals surface area contributed by atoms with E-state index in [1.54, 1.807) is 29.7 Å². The van der Waals surface area contributed by atoms with E-state index in [2.05, 4.69) is 10.3 Å². The number of hydrogen-bond donors (Lipinski definition) is 1. The van der Waals surface area contributed by atoms with Gasteiger partial charge in [0, 0.05) is 12.7 Å². The lowest BCUT2D eigenvalue weighted by Crippen LogP contribution is -2.25. The average Bonchev–Trinajstić information content (AvgIpc) is 2.85. The molecule has 146 valence electrons. The maximum atomic E-state index is 12.9. The van der Waals surface area contributed by atoms with Crippen molar-refractivity contribution in [2.75, 3.05) is 0 Å². The number of aromatic nitrogens is 2.